The van der Waals surface area contributed by atoms with E-state index in [4.69, 9.17) is 16.2 Å². The number of hydrogen-bond acceptors (Lipinski definition) is 3. The first kappa shape index (κ1) is 12.0. The maximum atomic E-state index is 5.71. The lowest BCUT2D eigenvalue weighted by Crippen LogP contribution is -2.01. The van der Waals surface area contributed by atoms with E-state index in [1.807, 2.05) is 19.9 Å². The smallest absolute Gasteiger partial charge is 0.0465 e. The second-order valence-corrected chi connectivity index (χ2v) is 3.19. The predicted octanol–water partition coefficient (Wildman–Crippen LogP) is 1.51. The van der Waals surface area contributed by atoms with E-state index < -0.39 is 0 Å². The highest BCUT2D eigenvalue weighted by atomic mass is 16.5. The first-order chi connectivity index (χ1) is 6.07. The summed E-state index contributed by atoms with van der Waals surface area (Å²) in [5, 5.41) is 0. The quantitative estimate of drug-likeness (QED) is 0.503. The fraction of sp³-hybridized carbons (Fsp3) is 0.600. The maximum Gasteiger partial charge on any atom is 0.0465 e. The van der Waals surface area contributed by atoms with Crippen LogP contribution in [0.2, 0.25) is 0 Å². The van der Waals surface area contributed by atoms with Crippen molar-refractivity contribution in [2.75, 3.05) is 13.7 Å². The lowest BCUT2D eigenvalue weighted by Gasteiger charge is -2.05. The van der Waals surface area contributed by atoms with E-state index in [9.17, 15) is 0 Å². The highest BCUT2D eigenvalue weighted by Crippen LogP contribution is 2.10. The van der Waals surface area contributed by atoms with Crippen LogP contribution in [0.1, 0.15) is 26.7 Å². The van der Waals surface area contributed by atoms with E-state index in [1.54, 1.807) is 7.11 Å². The number of nitrogens with two attached hydrogens (primary N) is 2. The van der Waals surface area contributed by atoms with E-state index in [0.717, 1.165) is 36.4 Å². The van der Waals surface area contributed by atoms with Crippen LogP contribution < -0.4 is 11.5 Å². The molecule has 0 amide bonds. The summed E-state index contributed by atoms with van der Waals surface area (Å²) in [6.45, 7) is 4.51. The summed E-state index contributed by atoms with van der Waals surface area (Å²) in [6, 6.07) is 0. The fourth-order valence-corrected chi connectivity index (χ4v) is 1.06. The van der Waals surface area contributed by atoms with Crippen LogP contribution in [0.5, 0.6) is 0 Å². The first-order valence-corrected chi connectivity index (χ1v) is 4.46. The molecule has 0 rings (SSSR count). The second-order valence-electron chi connectivity index (χ2n) is 3.19. The summed E-state index contributed by atoms with van der Waals surface area (Å²) in [5.41, 5.74) is 14.0. The van der Waals surface area contributed by atoms with E-state index in [0.29, 0.717) is 0 Å². The summed E-state index contributed by atoms with van der Waals surface area (Å²) in [7, 11) is 1.70. The van der Waals surface area contributed by atoms with Gasteiger partial charge in [-0.2, -0.15) is 0 Å². The Hall–Kier alpha value is -0.960. The Morgan fingerprint density at radius 2 is 1.92 bits per heavy atom. The monoisotopic (exact) mass is 184 g/mol. The van der Waals surface area contributed by atoms with Crippen molar-refractivity contribution in [2.24, 2.45) is 11.5 Å². The number of allylic oxidation sites excluding steroid dienone is 4. The molecule has 0 aromatic rings. The molecule has 0 aliphatic carbocycles. The third-order valence-electron chi connectivity index (χ3n) is 1.70. The van der Waals surface area contributed by atoms with Crippen LogP contribution >= 0.6 is 0 Å². The third kappa shape index (κ3) is 6.22. The minimum atomic E-state index is 0.758. The molecule has 4 N–H and O–H groups in total. The lowest BCUT2D eigenvalue weighted by atomic mass is 10.1. The van der Waals surface area contributed by atoms with Gasteiger partial charge in [0.05, 0.1) is 0 Å². The minimum absolute atomic E-state index is 0.758. The molecule has 0 aromatic heterocycles. The van der Waals surface area contributed by atoms with Gasteiger partial charge in [0.15, 0.2) is 0 Å². The molecule has 0 radical (unpaired) electrons. The maximum absolute atomic E-state index is 5.71. The molecule has 0 heterocycles. The van der Waals surface area contributed by atoms with Gasteiger partial charge in [0.25, 0.3) is 0 Å². The molecule has 0 saturated carbocycles. The predicted molar refractivity (Wildman–Crippen MR) is 55.9 cm³/mol. The number of rotatable bonds is 5. The molecule has 0 spiro atoms. The molecule has 0 aliphatic heterocycles. The second kappa shape index (κ2) is 6.54. The Kier molecular flexibility index (Phi) is 6.06. The van der Waals surface area contributed by atoms with Crippen molar-refractivity contribution in [3.8, 4) is 0 Å². The lowest BCUT2D eigenvalue weighted by molar-refractivity contribution is 0.195. The molecular weight excluding hydrogens is 164 g/mol. The number of methoxy groups -OCH3 is 1. The van der Waals surface area contributed by atoms with Crippen LogP contribution in [0.25, 0.3) is 0 Å². The zero-order chi connectivity index (χ0) is 10.3. The number of hydrogen-bond donors (Lipinski definition) is 2. The molecule has 0 aliphatic rings. The van der Waals surface area contributed by atoms with Gasteiger partial charge >= 0.3 is 0 Å². The van der Waals surface area contributed by atoms with Gasteiger partial charge in [-0.25, -0.2) is 0 Å². The van der Waals surface area contributed by atoms with Crippen molar-refractivity contribution in [3.63, 3.8) is 0 Å². The molecule has 0 atom stereocenters. The summed E-state index contributed by atoms with van der Waals surface area (Å²) in [4.78, 5) is 0. The van der Waals surface area contributed by atoms with Gasteiger partial charge in [-0.1, -0.05) is 0 Å². The molecule has 76 valence electrons. The zero-order valence-electron chi connectivity index (χ0n) is 8.76. The Morgan fingerprint density at radius 1 is 1.31 bits per heavy atom. The Morgan fingerprint density at radius 3 is 2.31 bits per heavy atom. The standard InChI is InChI=1S/C10H20N2O/c1-8(11)7-10(9(2)12)5-4-6-13-3/h7H,4-6,11-12H2,1-3H3/b8-7-,10-9-. The zero-order valence-corrected chi connectivity index (χ0v) is 8.76. The van der Waals surface area contributed by atoms with Gasteiger partial charge in [0, 0.05) is 25.1 Å². The van der Waals surface area contributed by atoms with Crippen LogP contribution in [0.15, 0.2) is 23.0 Å². The van der Waals surface area contributed by atoms with Crippen molar-refractivity contribution < 1.29 is 4.74 Å². The Labute approximate surface area is 80.4 Å². The van der Waals surface area contributed by atoms with Gasteiger partial charge in [-0.05, 0) is 38.3 Å². The molecule has 3 heteroatoms. The molecule has 13 heavy (non-hydrogen) atoms. The van der Waals surface area contributed by atoms with Gasteiger partial charge in [0.1, 0.15) is 0 Å². The normalized spacial score (nSPS) is 14.2. The Balaban J connectivity index is 4.15. The van der Waals surface area contributed by atoms with Crippen molar-refractivity contribution in [1.82, 2.24) is 0 Å². The van der Waals surface area contributed by atoms with Gasteiger partial charge in [-0.15, -0.1) is 0 Å². The van der Waals surface area contributed by atoms with Crippen molar-refractivity contribution in [2.45, 2.75) is 26.7 Å². The third-order valence-corrected chi connectivity index (χ3v) is 1.70. The van der Waals surface area contributed by atoms with Crippen LogP contribution in [-0.2, 0) is 4.74 Å². The first-order valence-electron chi connectivity index (χ1n) is 4.46. The summed E-state index contributed by atoms with van der Waals surface area (Å²) in [6.07, 6.45) is 3.82. The van der Waals surface area contributed by atoms with Crippen LogP contribution in [0, 0.1) is 0 Å². The van der Waals surface area contributed by atoms with Crippen molar-refractivity contribution >= 4 is 0 Å². The summed E-state index contributed by atoms with van der Waals surface area (Å²) in [5.74, 6) is 0. The van der Waals surface area contributed by atoms with Gasteiger partial charge < -0.3 is 16.2 Å². The average molecular weight is 184 g/mol. The SMILES string of the molecule is COCCCC(/C=C(/C)N)=C(\C)N. The Bertz CT molecular complexity index is 199. The summed E-state index contributed by atoms with van der Waals surface area (Å²) < 4.78 is 4.96. The fourth-order valence-electron chi connectivity index (χ4n) is 1.06. The minimum Gasteiger partial charge on any atom is -0.402 e. The average Bonchev–Trinajstić information content (AvgIpc) is 2.02. The van der Waals surface area contributed by atoms with Crippen LogP contribution in [-0.4, -0.2) is 13.7 Å². The molecule has 0 unspecified atom stereocenters. The van der Waals surface area contributed by atoms with Crippen molar-refractivity contribution in [1.29, 1.82) is 0 Å². The molecule has 0 bridgehead atoms. The molecule has 0 fully saturated rings. The van der Waals surface area contributed by atoms with Crippen LogP contribution in [0.4, 0.5) is 0 Å². The van der Waals surface area contributed by atoms with E-state index >= 15 is 0 Å². The van der Waals surface area contributed by atoms with E-state index in [-0.39, 0.29) is 0 Å². The van der Waals surface area contributed by atoms with E-state index in [2.05, 4.69) is 0 Å². The largest absolute Gasteiger partial charge is 0.402 e. The summed E-state index contributed by atoms with van der Waals surface area (Å²) >= 11 is 0. The van der Waals surface area contributed by atoms with Gasteiger partial charge in [0.2, 0.25) is 0 Å². The number of ether oxygens (including phenoxy) is 1. The molecule has 3 nitrogen and oxygen atoms in total. The highest BCUT2D eigenvalue weighted by molar-refractivity contribution is 5.25. The molecular formula is C10H20N2O. The van der Waals surface area contributed by atoms with Crippen molar-refractivity contribution in [3.05, 3.63) is 23.0 Å². The molecule has 0 saturated heterocycles. The topological polar surface area (TPSA) is 61.3 Å². The van der Waals surface area contributed by atoms with Crippen LogP contribution in [0.3, 0.4) is 0 Å². The highest BCUT2D eigenvalue weighted by Gasteiger charge is 1.97. The van der Waals surface area contributed by atoms with E-state index in [1.165, 1.54) is 0 Å². The molecule has 0 aromatic carbocycles. The van der Waals surface area contributed by atoms with Gasteiger partial charge in [-0.3, -0.25) is 0 Å².